The van der Waals surface area contributed by atoms with E-state index in [9.17, 15) is 0 Å². The Morgan fingerprint density at radius 1 is 0.939 bits per heavy atom. The lowest BCUT2D eigenvalue weighted by Crippen LogP contribution is -2.29. The number of anilines is 1. The standard InChI is InChI=1S/C27H25ClN4S/c1-17-16-21(19(3)31(17)24-14-9-12-22(28)18(24)2)26-25(23-13-7-8-15-29-23)30-27(33)32(26)20-10-5-4-6-11-20/h4-16,25-26H,1-3H3,(H,30,33)/t25-,26-/m1/s1. The maximum atomic E-state index is 6.47. The van der Waals surface area contributed by atoms with Gasteiger partial charge in [-0.05, 0) is 86.6 Å². The largest absolute Gasteiger partial charge is 0.351 e. The third-order valence-corrected chi connectivity index (χ3v) is 7.13. The highest BCUT2D eigenvalue weighted by molar-refractivity contribution is 7.80. The van der Waals surface area contributed by atoms with Crippen molar-refractivity contribution < 1.29 is 0 Å². The molecule has 1 saturated heterocycles. The van der Waals surface area contributed by atoms with Crippen LogP contribution in [0.15, 0.2) is 79.0 Å². The molecule has 5 rings (SSSR count). The summed E-state index contributed by atoms with van der Waals surface area (Å²) in [6.07, 6.45) is 1.83. The highest BCUT2D eigenvalue weighted by Gasteiger charge is 2.42. The van der Waals surface area contributed by atoms with E-state index < -0.39 is 0 Å². The van der Waals surface area contributed by atoms with Gasteiger partial charge in [-0.2, -0.15) is 0 Å². The Bertz CT molecular complexity index is 1320. The van der Waals surface area contributed by atoms with Crippen LogP contribution in [0.5, 0.6) is 0 Å². The number of rotatable bonds is 4. The monoisotopic (exact) mass is 472 g/mol. The first-order valence-corrected chi connectivity index (χ1v) is 11.8. The van der Waals surface area contributed by atoms with Crippen molar-refractivity contribution in [3.8, 4) is 5.69 Å². The van der Waals surface area contributed by atoms with E-state index in [4.69, 9.17) is 23.8 Å². The molecule has 1 aliphatic rings. The number of pyridine rings is 1. The average Bonchev–Trinajstić information content (AvgIpc) is 3.32. The molecule has 0 aliphatic carbocycles. The molecule has 2 atom stereocenters. The van der Waals surface area contributed by atoms with E-state index in [1.54, 1.807) is 0 Å². The van der Waals surface area contributed by atoms with Gasteiger partial charge >= 0.3 is 0 Å². The van der Waals surface area contributed by atoms with Crippen LogP contribution in [0.1, 0.15) is 40.3 Å². The van der Waals surface area contributed by atoms with Gasteiger partial charge in [0.25, 0.3) is 0 Å². The quantitative estimate of drug-likeness (QED) is 0.338. The lowest BCUT2D eigenvalue weighted by atomic mass is 9.96. The van der Waals surface area contributed by atoms with Gasteiger partial charge in [-0.3, -0.25) is 4.98 Å². The maximum Gasteiger partial charge on any atom is 0.174 e. The Morgan fingerprint density at radius 3 is 2.42 bits per heavy atom. The lowest BCUT2D eigenvalue weighted by Gasteiger charge is -2.28. The summed E-state index contributed by atoms with van der Waals surface area (Å²) in [5.41, 5.74) is 7.70. The van der Waals surface area contributed by atoms with Crippen LogP contribution in [-0.2, 0) is 0 Å². The number of hydrogen-bond acceptors (Lipinski definition) is 2. The smallest absolute Gasteiger partial charge is 0.174 e. The van der Waals surface area contributed by atoms with Gasteiger partial charge in [-0.1, -0.05) is 41.9 Å². The number of aromatic nitrogens is 2. The second kappa shape index (κ2) is 8.65. The molecule has 2 aromatic carbocycles. The Labute approximate surface area is 204 Å². The van der Waals surface area contributed by atoms with E-state index in [2.05, 4.69) is 70.9 Å². The molecule has 0 unspecified atom stereocenters. The zero-order valence-electron chi connectivity index (χ0n) is 18.8. The van der Waals surface area contributed by atoms with E-state index >= 15 is 0 Å². The number of hydrogen-bond donors (Lipinski definition) is 1. The molecule has 166 valence electrons. The number of halogens is 1. The first kappa shape index (κ1) is 21.7. The third-order valence-electron chi connectivity index (χ3n) is 6.40. The molecule has 33 heavy (non-hydrogen) atoms. The average molecular weight is 473 g/mol. The van der Waals surface area contributed by atoms with Crippen molar-refractivity contribution in [2.75, 3.05) is 4.90 Å². The van der Waals surface area contributed by atoms with Gasteiger partial charge < -0.3 is 14.8 Å². The van der Waals surface area contributed by atoms with Gasteiger partial charge in [0.1, 0.15) is 0 Å². The SMILES string of the molecule is Cc1c(Cl)cccc1-n1c(C)cc([C@@H]2[C@@H](c3ccccn3)NC(=S)N2c2ccccc2)c1C. The van der Waals surface area contributed by atoms with Crippen LogP contribution in [0.4, 0.5) is 5.69 Å². The summed E-state index contributed by atoms with van der Waals surface area (Å²) in [7, 11) is 0. The number of nitrogens with zero attached hydrogens (tertiary/aromatic N) is 3. The summed E-state index contributed by atoms with van der Waals surface area (Å²) < 4.78 is 2.29. The second-order valence-corrected chi connectivity index (χ2v) is 9.17. The predicted molar refractivity (Wildman–Crippen MR) is 139 cm³/mol. The van der Waals surface area contributed by atoms with Crippen LogP contribution in [0.3, 0.4) is 0 Å². The van der Waals surface area contributed by atoms with Gasteiger partial charge in [0.2, 0.25) is 0 Å². The van der Waals surface area contributed by atoms with E-state index in [0.29, 0.717) is 5.11 Å². The van der Waals surface area contributed by atoms with Gasteiger partial charge in [0.15, 0.2) is 5.11 Å². The Morgan fingerprint density at radius 2 is 1.70 bits per heavy atom. The van der Waals surface area contributed by atoms with Crippen molar-refractivity contribution in [3.63, 3.8) is 0 Å². The molecule has 4 nitrogen and oxygen atoms in total. The molecule has 6 heteroatoms. The fourth-order valence-corrected chi connectivity index (χ4v) is 5.35. The van der Waals surface area contributed by atoms with Crippen molar-refractivity contribution in [2.45, 2.75) is 32.9 Å². The topological polar surface area (TPSA) is 33.1 Å². The van der Waals surface area contributed by atoms with E-state index in [1.807, 2.05) is 48.7 Å². The molecule has 1 fully saturated rings. The molecule has 1 aliphatic heterocycles. The van der Waals surface area contributed by atoms with Crippen LogP contribution >= 0.6 is 23.8 Å². The molecule has 1 N–H and O–H groups in total. The van der Waals surface area contributed by atoms with Crippen LogP contribution in [0.25, 0.3) is 5.69 Å². The minimum absolute atomic E-state index is 0.0470. The molecule has 0 spiro atoms. The van der Waals surface area contributed by atoms with Gasteiger partial charge in [-0.25, -0.2) is 0 Å². The first-order chi connectivity index (χ1) is 16.0. The molecular formula is C27H25ClN4S. The number of benzene rings is 2. The molecule has 0 amide bonds. The normalized spacial score (nSPS) is 17.9. The van der Waals surface area contributed by atoms with Gasteiger partial charge in [-0.15, -0.1) is 0 Å². The Hall–Kier alpha value is -3.15. The van der Waals surface area contributed by atoms with Crippen LogP contribution in [-0.4, -0.2) is 14.7 Å². The van der Waals surface area contributed by atoms with Crippen molar-refractivity contribution in [2.24, 2.45) is 0 Å². The van der Waals surface area contributed by atoms with E-state index in [-0.39, 0.29) is 12.1 Å². The molecule has 0 bridgehead atoms. The minimum Gasteiger partial charge on any atom is -0.351 e. The second-order valence-electron chi connectivity index (χ2n) is 8.38. The number of thiocarbonyl (C=S) groups is 1. The molecule has 3 heterocycles. The van der Waals surface area contributed by atoms with Crippen LogP contribution in [0, 0.1) is 20.8 Å². The predicted octanol–water partition coefficient (Wildman–Crippen LogP) is 6.63. The zero-order chi connectivity index (χ0) is 23.1. The summed E-state index contributed by atoms with van der Waals surface area (Å²) in [6, 6.07) is 24.5. The molecule has 4 aromatic rings. The summed E-state index contributed by atoms with van der Waals surface area (Å²) in [6.45, 7) is 6.37. The summed E-state index contributed by atoms with van der Waals surface area (Å²) in [5, 5.41) is 5.01. The van der Waals surface area contributed by atoms with E-state index in [1.165, 1.54) is 5.56 Å². The van der Waals surface area contributed by atoms with Crippen molar-refractivity contribution in [1.82, 2.24) is 14.9 Å². The molecule has 2 aromatic heterocycles. The Kier molecular flexibility index (Phi) is 5.69. The first-order valence-electron chi connectivity index (χ1n) is 11.0. The van der Waals surface area contributed by atoms with Gasteiger partial charge in [0.05, 0.1) is 17.8 Å². The summed E-state index contributed by atoms with van der Waals surface area (Å²) in [4.78, 5) is 6.88. The summed E-state index contributed by atoms with van der Waals surface area (Å²) in [5.74, 6) is 0. The molecule has 0 radical (unpaired) electrons. The van der Waals surface area contributed by atoms with E-state index in [0.717, 1.165) is 39.0 Å². The van der Waals surface area contributed by atoms with Gasteiger partial charge in [0, 0.05) is 34.0 Å². The lowest BCUT2D eigenvalue weighted by molar-refractivity contribution is 0.565. The number of para-hydroxylation sites is 1. The van der Waals surface area contributed by atoms with Crippen LogP contribution < -0.4 is 10.2 Å². The fourth-order valence-electron chi connectivity index (χ4n) is 4.83. The maximum absolute atomic E-state index is 6.47. The molecule has 0 saturated carbocycles. The van der Waals surface area contributed by atoms with Crippen LogP contribution in [0.2, 0.25) is 5.02 Å². The van der Waals surface area contributed by atoms with Crippen molar-refractivity contribution in [1.29, 1.82) is 0 Å². The highest BCUT2D eigenvalue weighted by atomic mass is 35.5. The minimum atomic E-state index is -0.0756. The zero-order valence-corrected chi connectivity index (χ0v) is 20.4. The number of aryl methyl sites for hydroxylation is 1. The van der Waals surface area contributed by atoms with Crippen molar-refractivity contribution in [3.05, 3.63) is 112 Å². The summed E-state index contributed by atoms with van der Waals surface area (Å²) >= 11 is 12.3. The third kappa shape index (κ3) is 3.71. The Balaban J connectivity index is 1.70. The molecular weight excluding hydrogens is 448 g/mol. The fraction of sp³-hybridized carbons (Fsp3) is 0.185. The number of nitrogens with one attached hydrogen (secondary N) is 1. The highest BCUT2D eigenvalue weighted by Crippen LogP contribution is 2.43. The van der Waals surface area contributed by atoms with Crippen molar-refractivity contribution >= 4 is 34.6 Å².